The number of hydrogen-bond acceptors (Lipinski definition) is 4. The van der Waals surface area contributed by atoms with Crippen LogP contribution in [-0.4, -0.2) is 26.1 Å². The number of pyridine rings is 1. The first kappa shape index (κ1) is 16.1. The quantitative estimate of drug-likeness (QED) is 0.747. The molecule has 1 aromatic carbocycles. The van der Waals surface area contributed by atoms with Crippen molar-refractivity contribution in [1.29, 1.82) is 0 Å². The predicted molar refractivity (Wildman–Crippen MR) is 91.3 cm³/mol. The Morgan fingerprint density at radius 1 is 1.29 bits per heavy atom. The number of hydrogen-bond donors (Lipinski definition) is 2. The molecule has 2 aromatic heterocycles. The smallest absolute Gasteiger partial charge is 0.225 e. The van der Waals surface area contributed by atoms with Crippen LogP contribution in [0.5, 0.6) is 0 Å². The van der Waals surface area contributed by atoms with Gasteiger partial charge in [0.15, 0.2) is 5.82 Å². The molecule has 6 nitrogen and oxygen atoms in total. The van der Waals surface area contributed by atoms with Gasteiger partial charge in [0.1, 0.15) is 5.82 Å². The summed E-state index contributed by atoms with van der Waals surface area (Å²) in [6.45, 7) is 1.85. The summed E-state index contributed by atoms with van der Waals surface area (Å²) in [4.78, 5) is 20.6. The first-order chi connectivity index (χ1) is 11.6. The molecule has 0 unspecified atom stereocenters. The molecule has 0 fully saturated rings. The van der Waals surface area contributed by atoms with Gasteiger partial charge in [-0.15, -0.1) is 0 Å². The number of carbonyl (C=O) groups excluding carboxylic acids is 1. The fourth-order valence-corrected chi connectivity index (χ4v) is 2.47. The summed E-state index contributed by atoms with van der Waals surface area (Å²) in [6.07, 6.45) is 3.59. The molecule has 24 heavy (non-hydrogen) atoms. The molecule has 0 aliphatic rings. The maximum atomic E-state index is 12.2. The lowest BCUT2D eigenvalue weighted by atomic mass is 10.1. The normalized spacial score (nSPS) is 11.9. The predicted octanol–water partition coefficient (Wildman–Crippen LogP) is 2.94. The molecule has 2 N–H and O–H groups in total. The Labute approximate surface area is 144 Å². The van der Waals surface area contributed by atoms with Gasteiger partial charge in [0, 0.05) is 23.0 Å². The number of aromatic amines is 1. The lowest BCUT2D eigenvalue weighted by Gasteiger charge is -2.11. The maximum absolute atomic E-state index is 12.2. The van der Waals surface area contributed by atoms with E-state index in [-0.39, 0.29) is 18.4 Å². The Balaban J connectivity index is 1.65. The fraction of sp³-hybridized carbons (Fsp3) is 0.176. The molecule has 0 bridgehead atoms. The number of amides is 1. The van der Waals surface area contributed by atoms with E-state index in [9.17, 15) is 4.79 Å². The van der Waals surface area contributed by atoms with Crippen molar-refractivity contribution in [3.63, 3.8) is 0 Å². The van der Waals surface area contributed by atoms with Crippen molar-refractivity contribution >= 4 is 17.5 Å². The second-order valence-corrected chi connectivity index (χ2v) is 5.75. The summed E-state index contributed by atoms with van der Waals surface area (Å²) < 4.78 is 0. The largest absolute Gasteiger partial charge is 0.346 e. The van der Waals surface area contributed by atoms with Gasteiger partial charge >= 0.3 is 0 Å². The van der Waals surface area contributed by atoms with Crippen LogP contribution in [0.1, 0.15) is 24.4 Å². The van der Waals surface area contributed by atoms with Crippen molar-refractivity contribution in [2.24, 2.45) is 0 Å². The van der Waals surface area contributed by atoms with Crippen molar-refractivity contribution in [3.8, 4) is 11.4 Å². The van der Waals surface area contributed by atoms with E-state index in [1.807, 2.05) is 37.3 Å². The lowest BCUT2D eigenvalue weighted by Crippen LogP contribution is -2.28. The molecule has 0 aliphatic heterocycles. The highest BCUT2D eigenvalue weighted by Gasteiger charge is 2.15. The second kappa shape index (κ2) is 7.23. The summed E-state index contributed by atoms with van der Waals surface area (Å²) in [5.74, 6) is 1.00. The Morgan fingerprint density at radius 2 is 2.12 bits per heavy atom. The molecule has 0 spiro atoms. The Bertz CT molecular complexity index is 834. The van der Waals surface area contributed by atoms with Crippen LogP contribution in [-0.2, 0) is 11.2 Å². The molecule has 1 atom stereocenters. The van der Waals surface area contributed by atoms with Crippen LogP contribution < -0.4 is 5.32 Å². The van der Waals surface area contributed by atoms with E-state index in [0.29, 0.717) is 16.7 Å². The van der Waals surface area contributed by atoms with Crippen molar-refractivity contribution in [1.82, 2.24) is 25.5 Å². The molecule has 0 aliphatic carbocycles. The van der Waals surface area contributed by atoms with E-state index in [2.05, 4.69) is 25.5 Å². The second-order valence-electron chi connectivity index (χ2n) is 5.34. The minimum atomic E-state index is -0.294. The number of halogens is 1. The summed E-state index contributed by atoms with van der Waals surface area (Å²) in [7, 11) is 0. The summed E-state index contributed by atoms with van der Waals surface area (Å²) in [5.41, 5.74) is 1.60. The van der Waals surface area contributed by atoms with Crippen LogP contribution in [0.3, 0.4) is 0 Å². The highest BCUT2D eigenvalue weighted by atomic mass is 35.5. The van der Waals surface area contributed by atoms with Gasteiger partial charge in [0.25, 0.3) is 0 Å². The number of rotatable bonds is 5. The molecule has 0 radical (unpaired) electrons. The molecule has 3 aromatic rings. The van der Waals surface area contributed by atoms with Gasteiger partial charge in [0.2, 0.25) is 5.91 Å². The number of H-pyrrole nitrogens is 1. The van der Waals surface area contributed by atoms with Gasteiger partial charge < -0.3 is 5.32 Å². The van der Waals surface area contributed by atoms with Crippen LogP contribution in [0.2, 0.25) is 5.02 Å². The van der Waals surface area contributed by atoms with Crippen molar-refractivity contribution in [2.75, 3.05) is 0 Å². The number of nitrogens with one attached hydrogen (secondary N) is 2. The average Bonchev–Trinajstić information content (AvgIpc) is 3.08. The number of carbonyl (C=O) groups is 1. The molecule has 122 valence electrons. The van der Waals surface area contributed by atoms with Crippen molar-refractivity contribution < 1.29 is 4.79 Å². The maximum Gasteiger partial charge on any atom is 0.225 e. The third-order valence-electron chi connectivity index (χ3n) is 3.52. The van der Waals surface area contributed by atoms with Crippen LogP contribution in [0.4, 0.5) is 0 Å². The van der Waals surface area contributed by atoms with Crippen LogP contribution in [0.15, 0.2) is 48.8 Å². The SMILES string of the molecule is C[C@H](NC(=O)Cc1ccccc1Cl)c1nc(-c2cccnc2)n[nH]1. The van der Waals surface area contributed by atoms with E-state index < -0.39 is 0 Å². The average molecular weight is 342 g/mol. The molecular formula is C17H16ClN5O. The van der Waals surface area contributed by atoms with Crippen LogP contribution >= 0.6 is 11.6 Å². The first-order valence-electron chi connectivity index (χ1n) is 7.49. The van der Waals surface area contributed by atoms with Crippen molar-refractivity contribution in [2.45, 2.75) is 19.4 Å². The van der Waals surface area contributed by atoms with Gasteiger partial charge in [-0.25, -0.2) is 4.98 Å². The minimum Gasteiger partial charge on any atom is -0.346 e. The Morgan fingerprint density at radius 3 is 2.88 bits per heavy atom. The van der Waals surface area contributed by atoms with Crippen LogP contribution in [0, 0.1) is 0 Å². The molecule has 2 heterocycles. The Hall–Kier alpha value is -2.73. The third-order valence-corrected chi connectivity index (χ3v) is 3.89. The van der Waals surface area contributed by atoms with Crippen LogP contribution in [0.25, 0.3) is 11.4 Å². The molecule has 0 saturated heterocycles. The monoisotopic (exact) mass is 341 g/mol. The topological polar surface area (TPSA) is 83.6 Å². The summed E-state index contributed by atoms with van der Waals surface area (Å²) in [6, 6.07) is 10.7. The Kier molecular flexibility index (Phi) is 4.86. The minimum absolute atomic E-state index is 0.130. The van der Waals surface area contributed by atoms with Gasteiger partial charge in [0.05, 0.1) is 12.5 Å². The molecule has 3 rings (SSSR count). The summed E-state index contributed by atoms with van der Waals surface area (Å²) in [5, 5.41) is 10.5. The van der Waals surface area contributed by atoms with E-state index in [0.717, 1.165) is 11.1 Å². The molecule has 0 saturated carbocycles. The zero-order valence-corrected chi connectivity index (χ0v) is 13.8. The molecule has 7 heteroatoms. The van der Waals surface area contributed by atoms with E-state index in [1.165, 1.54) is 0 Å². The van der Waals surface area contributed by atoms with E-state index in [4.69, 9.17) is 11.6 Å². The number of aromatic nitrogens is 4. The highest BCUT2D eigenvalue weighted by molar-refractivity contribution is 6.31. The standard InChI is InChI=1S/C17H16ClN5O/c1-11(20-15(24)9-12-5-2-3-7-14(12)18)16-21-17(23-22-16)13-6-4-8-19-10-13/h2-8,10-11H,9H2,1H3,(H,20,24)(H,21,22,23)/t11-/m0/s1. The lowest BCUT2D eigenvalue weighted by molar-refractivity contribution is -0.121. The van der Waals surface area contributed by atoms with E-state index in [1.54, 1.807) is 18.5 Å². The zero-order valence-electron chi connectivity index (χ0n) is 13.0. The molecule has 1 amide bonds. The first-order valence-corrected chi connectivity index (χ1v) is 7.87. The van der Waals surface area contributed by atoms with Crippen molar-refractivity contribution in [3.05, 3.63) is 65.2 Å². The van der Waals surface area contributed by atoms with Gasteiger partial charge in [-0.3, -0.25) is 14.9 Å². The van der Waals surface area contributed by atoms with Gasteiger partial charge in [-0.2, -0.15) is 5.10 Å². The van der Waals surface area contributed by atoms with Gasteiger partial charge in [-0.1, -0.05) is 29.8 Å². The van der Waals surface area contributed by atoms with Gasteiger partial charge in [-0.05, 0) is 30.7 Å². The number of benzene rings is 1. The third kappa shape index (κ3) is 3.78. The number of nitrogens with zero attached hydrogens (tertiary/aromatic N) is 3. The van der Waals surface area contributed by atoms with E-state index >= 15 is 0 Å². The highest BCUT2D eigenvalue weighted by Crippen LogP contribution is 2.17. The summed E-state index contributed by atoms with van der Waals surface area (Å²) >= 11 is 6.08. The fourth-order valence-electron chi connectivity index (χ4n) is 2.27. The zero-order chi connectivity index (χ0) is 16.9. The molecular weight excluding hydrogens is 326 g/mol.